The van der Waals surface area contributed by atoms with Gasteiger partial charge in [-0.05, 0) is 42.7 Å². The Morgan fingerprint density at radius 1 is 1.24 bits per heavy atom. The molecule has 2 nitrogen and oxygen atoms in total. The smallest absolute Gasteiger partial charge is 0.123 e. The summed E-state index contributed by atoms with van der Waals surface area (Å²) in [5.41, 5.74) is 7.77. The van der Waals surface area contributed by atoms with E-state index in [1.54, 1.807) is 24.5 Å². The van der Waals surface area contributed by atoms with E-state index in [0.29, 0.717) is 6.42 Å². The van der Waals surface area contributed by atoms with Gasteiger partial charge in [0.25, 0.3) is 0 Å². The molecule has 1 heterocycles. The standard InChI is InChI=1S/C14H15FN2/c1-14(16,12-3-2-8-17-10-12)9-11-4-6-13(15)7-5-11/h2-8,10H,9,16H2,1H3. The zero-order valence-corrected chi connectivity index (χ0v) is 9.73. The van der Waals surface area contributed by atoms with Crippen LogP contribution in [0.1, 0.15) is 18.1 Å². The minimum atomic E-state index is -0.494. The minimum Gasteiger partial charge on any atom is -0.321 e. The topological polar surface area (TPSA) is 38.9 Å². The van der Waals surface area contributed by atoms with Crippen LogP contribution in [0.5, 0.6) is 0 Å². The van der Waals surface area contributed by atoms with Crippen LogP contribution >= 0.6 is 0 Å². The van der Waals surface area contributed by atoms with Crippen LogP contribution in [0.25, 0.3) is 0 Å². The number of rotatable bonds is 3. The first-order chi connectivity index (χ1) is 8.08. The lowest BCUT2D eigenvalue weighted by Crippen LogP contribution is -2.35. The van der Waals surface area contributed by atoms with Gasteiger partial charge in [-0.3, -0.25) is 4.98 Å². The summed E-state index contributed by atoms with van der Waals surface area (Å²) in [6, 6.07) is 10.2. The SMILES string of the molecule is CC(N)(Cc1ccc(F)cc1)c1cccnc1. The van der Waals surface area contributed by atoms with Crippen LogP contribution in [0.2, 0.25) is 0 Å². The average molecular weight is 230 g/mol. The van der Waals surface area contributed by atoms with Gasteiger partial charge in [0, 0.05) is 17.9 Å². The van der Waals surface area contributed by atoms with Gasteiger partial charge in [-0.25, -0.2) is 4.39 Å². The van der Waals surface area contributed by atoms with Crippen LogP contribution in [0.3, 0.4) is 0 Å². The number of benzene rings is 1. The first-order valence-corrected chi connectivity index (χ1v) is 5.52. The number of hydrogen-bond acceptors (Lipinski definition) is 2. The molecule has 3 heteroatoms. The zero-order valence-electron chi connectivity index (χ0n) is 9.73. The van der Waals surface area contributed by atoms with Crippen molar-refractivity contribution in [1.82, 2.24) is 4.98 Å². The van der Waals surface area contributed by atoms with E-state index in [9.17, 15) is 4.39 Å². The molecule has 0 bridgehead atoms. The fourth-order valence-corrected chi connectivity index (χ4v) is 1.83. The second-order valence-corrected chi connectivity index (χ2v) is 4.46. The number of halogens is 1. The molecule has 2 N–H and O–H groups in total. The molecule has 1 atom stereocenters. The van der Waals surface area contributed by atoms with Gasteiger partial charge in [-0.2, -0.15) is 0 Å². The fourth-order valence-electron chi connectivity index (χ4n) is 1.83. The number of nitrogens with two attached hydrogens (primary N) is 1. The second-order valence-electron chi connectivity index (χ2n) is 4.46. The van der Waals surface area contributed by atoms with E-state index in [-0.39, 0.29) is 5.82 Å². The zero-order chi connectivity index (χ0) is 12.3. The molecule has 1 aromatic carbocycles. The summed E-state index contributed by atoms with van der Waals surface area (Å²) in [5.74, 6) is -0.228. The van der Waals surface area contributed by atoms with E-state index in [0.717, 1.165) is 11.1 Å². The van der Waals surface area contributed by atoms with Crippen molar-refractivity contribution >= 4 is 0 Å². The Kier molecular flexibility index (Phi) is 3.20. The number of aromatic nitrogens is 1. The second kappa shape index (κ2) is 4.63. The molecule has 0 aliphatic heterocycles. The maximum Gasteiger partial charge on any atom is 0.123 e. The lowest BCUT2D eigenvalue weighted by Gasteiger charge is -2.25. The Morgan fingerprint density at radius 3 is 2.53 bits per heavy atom. The molecule has 0 saturated heterocycles. The Labute approximate surface area is 100 Å². The molecule has 1 aromatic heterocycles. The van der Waals surface area contributed by atoms with Crippen LogP contribution in [0.4, 0.5) is 4.39 Å². The van der Waals surface area contributed by atoms with Crippen LogP contribution < -0.4 is 5.73 Å². The maximum absolute atomic E-state index is 12.8. The largest absolute Gasteiger partial charge is 0.321 e. The summed E-state index contributed by atoms with van der Waals surface area (Å²) in [6.45, 7) is 1.95. The lowest BCUT2D eigenvalue weighted by atomic mass is 9.88. The Hall–Kier alpha value is -1.74. The fraction of sp³-hybridized carbons (Fsp3) is 0.214. The van der Waals surface area contributed by atoms with E-state index in [2.05, 4.69) is 4.98 Å². The van der Waals surface area contributed by atoms with Crippen LogP contribution in [0.15, 0.2) is 48.8 Å². The van der Waals surface area contributed by atoms with Crippen molar-refractivity contribution in [2.45, 2.75) is 18.9 Å². The highest BCUT2D eigenvalue weighted by Gasteiger charge is 2.21. The third kappa shape index (κ3) is 2.88. The summed E-state index contributed by atoms with van der Waals surface area (Å²) in [5, 5.41) is 0. The summed E-state index contributed by atoms with van der Waals surface area (Å²) >= 11 is 0. The summed E-state index contributed by atoms with van der Waals surface area (Å²) < 4.78 is 12.8. The monoisotopic (exact) mass is 230 g/mol. The van der Waals surface area contributed by atoms with Crippen molar-refractivity contribution < 1.29 is 4.39 Å². The molecular weight excluding hydrogens is 215 g/mol. The third-order valence-corrected chi connectivity index (χ3v) is 2.81. The predicted molar refractivity (Wildman–Crippen MR) is 65.9 cm³/mol. The van der Waals surface area contributed by atoms with Gasteiger partial charge in [0.1, 0.15) is 5.82 Å². The molecule has 0 spiro atoms. The molecule has 0 aliphatic carbocycles. The van der Waals surface area contributed by atoms with Crippen molar-refractivity contribution in [2.24, 2.45) is 5.73 Å². The number of hydrogen-bond donors (Lipinski definition) is 1. The van der Waals surface area contributed by atoms with Crippen LogP contribution in [0, 0.1) is 5.82 Å². The molecule has 0 radical (unpaired) electrons. The highest BCUT2D eigenvalue weighted by atomic mass is 19.1. The van der Waals surface area contributed by atoms with Crippen molar-refractivity contribution in [3.63, 3.8) is 0 Å². The molecule has 1 unspecified atom stereocenters. The highest BCUT2D eigenvalue weighted by molar-refractivity contribution is 5.25. The quantitative estimate of drug-likeness (QED) is 0.880. The van der Waals surface area contributed by atoms with Gasteiger partial charge < -0.3 is 5.73 Å². The van der Waals surface area contributed by atoms with Crippen molar-refractivity contribution in [3.8, 4) is 0 Å². The molecule has 0 saturated carbocycles. The highest BCUT2D eigenvalue weighted by Crippen LogP contribution is 2.21. The molecule has 0 fully saturated rings. The van der Waals surface area contributed by atoms with Crippen LogP contribution in [-0.4, -0.2) is 4.98 Å². The van der Waals surface area contributed by atoms with Gasteiger partial charge >= 0.3 is 0 Å². The van der Waals surface area contributed by atoms with E-state index in [1.165, 1.54) is 12.1 Å². The molecule has 0 aliphatic rings. The summed E-state index contributed by atoms with van der Waals surface area (Å²) in [7, 11) is 0. The first kappa shape index (κ1) is 11.7. The Morgan fingerprint density at radius 2 is 1.94 bits per heavy atom. The van der Waals surface area contributed by atoms with Gasteiger partial charge in [0.15, 0.2) is 0 Å². The van der Waals surface area contributed by atoms with Gasteiger partial charge in [0.05, 0.1) is 0 Å². The maximum atomic E-state index is 12.8. The van der Waals surface area contributed by atoms with E-state index < -0.39 is 5.54 Å². The van der Waals surface area contributed by atoms with Crippen molar-refractivity contribution in [1.29, 1.82) is 0 Å². The molecule has 88 valence electrons. The number of pyridine rings is 1. The third-order valence-electron chi connectivity index (χ3n) is 2.81. The number of nitrogens with zero attached hydrogens (tertiary/aromatic N) is 1. The van der Waals surface area contributed by atoms with Crippen molar-refractivity contribution in [3.05, 3.63) is 65.7 Å². The molecular formula is C14H15FN2. The Bertz CT molecular complexity index is 477. The van der Waals surface area contributed by atoms with E-state index >= 15 is 0 Å². The van der Waals surface area contributed by atoms with Crippen LogP contribution in [-0.2, 0) is 12.0 Å². The van der Waals surface area contributed by atoms with E-state index in [4.69, 9.17) is 5.73 Å². The Balaban J connectivity index is 2.20. The average Bonchev–Trinajstić information content (AvgIpc) is 2.33. The first-order valence-electron chi connectivity index (χ1n) is 5.52. The van der Waals surface area contributed by atoms with Crippen molar-refractivity contribution in [2.75, 3.05) is 0 Å². The molecule has 0 amide bonds. The van der Waals surface area contributed by atoms with Gasteiger partial charge in [-0.1, -0.05) is 18.2 Å². The predicted octanol–water partition coefficient (Wildman–Crippen LogP) is 2.64. The van der Waals surface area contributed by atoms with E-state index in [1.807, 2.05) is 19.1 Å². The van der Waals surface area contributed by atoms with Gasteiger partial charge in [0.2, 0.25) is 0 Å². The minimum absolute atomic E-state index is 0.228. The normalized spacial score (nSPS) is 14.3. The molecule has 2 rings (SSSR count). The van der Waals surface area contributed by atoms with Gasteiger partial charge in [-0.15, -0.1) is 0 Å². The summed E-state index contributed by atoms with van der Waals surface area (Å²) in [4.78, 5) is 4.07. The lowest BCUT2D eigenvalue weighted by molar-refractivity contribution is 0.489. The summed E-state index contributed by atoms with van der Waals surface area (Å²) in [6.07, 6.45) is 4.14. The molecule has 17 heavy (non-hydrogen) atoms. The molecule has 2 aromatic rings.